The highest BCUT2D eigenvalue weighted by Crippen LogP contribution is 2.32. The average molecular weight is 264 g/mol. The topological polar surface area (TPSA) is 38.9 Å². The summed E-state index contributed by atoms with van der Waals surface area (Å²) in [5.74, 6) is -0.206. The zero-order valence-electron chi connectivity index (χ0n) is 10.8. The molecule has 0 amide bonds. The van der Waals surface area contributed by atoms with Gasteiger partial charge in [0.1, 0.15) is 5.82 Å². The number of nitrogen functional groups attached to an aromatic ring is 1. The molecule has 2 nitrogen and oxygen atoms in total. The minimum absolute atomic E-state index is 0.0449. The normalized spacial score (nSPS) is 11.8. The van der Waals surface area contributed by atoms with Gasteiger partial charge in [0, 0.05) is 16.7 Å². The van der Waals surface area contributed by atoms with Crippen LogP contribution < -0.4 is 5.73 Å². The van der Waals surface area contributed by atoms with E-state index in [0.717, 1.165) is 16.1 Å². The van der Waals surface area contributed by atoms with Crippen molar-refractivity contribution in [3.8, 4) is 0 Å². The summed E-state index contributed by atoms with van der Waals surface area (Å²) in [4.78, 5) is 5.52. The fourth-order valence-electron chi connectivity index (χ4n) is 1.91. The third-order valence-electron chi connectivity index (χ3n) is 2.68. The largest absolute Gasteiger partial charge is 0.375 e. The molecular weight excluding hydrogens is 247 g/mol. The van der Waals surface area contributed by atoms with Gasteiger partial charge in [0.25, 0.3) is 0 Å². The molecule has 0 fully saturated rings. The number of aromatic nitrogens is 1. The van der Waals surface area contributed by atoms with E-state index in [1.165, 1.54) is 17.4 Å². The van der Waals surface area contributed by atoms with Gasteiger partial charge in [-0.05, 0) is 17.7 Å². The highest BCUT2D eigenvalue weighted by molar-refractivity contribution is 7.15. The maximum atomic E-state index is 13.2. The van der Waals surface area contributed by atoms with E-state index in [-0.39, 0.29) is 11.2 Å². The molecule has 18 heavy (non-hydrogen) atoms. The van der Waals surface area contributed by atoms with Crippen molar-refractivity contribution in [2.24, 2.45) is 0 Å². The molecule has 0 saturated carbocycles. The summed E-state index contributed by atoms with van der Waals surface area (Å²) in [5, 5.41) is 0.575. The zero-order chi connectivity index (χ0) is 13.3. The van der Waals surface area contributed by atoms with Crippen LogP contribution in [0.2, 0.25) is 0 Å². The van der Waals surface area contributed by atoms with Crippen LogP contribution in [-0.2, 0) is 11.8 Å². The molecule has 96 valence electrons. The zero-order valence-corrected chi connectivity index (χ0v) is 11.6. The summed E-state index contributed by atoms with van der Waals surface area (Å²) in [6.45, 7) is 6.32. The number of halogens is 1. The van der Waals surface area contributed by atoms with E-state index in [2.05, 4.69) is 25.8 Å². The first kappa shape index (κ1) is 13.0. The SMILES string of the molecule is CC(C)(C)c1nc(N)sc1Cc1cccc(F)c1. The monoisotopic (exact) mass is 264 g/mol. The maximum absolute atomic E-state index is 13.2. The van der Waals surface area contributed by atoms with Gasteiger partial charge in [0.2, 0.25) is 0 Å². The van der Waals surface area contributed by atoms with Crippen molar-refractivity contribution in [2.45, 2.75) is 32.6 Å². The molecule has 0 bridgehead atoms. The lowest BCUT2D eigenvalue weighted by atomic mass is 9.90. The molecule has 0 radical (unpaired) electrons. The van der Waals surface area contributed by atoms with Crippen molar-refractivity contribution in [1.29, 1.82) is 0 Å². The second-order valence-electron chi connectivity index (χ2n) is 5.38. The molecule has 1 aromatic carbocycles. The lowest BCUT2D eigenvalue weighted by Crippen LogP contribution is -2.14. The predicted molar refractivity (Wildman–Crippen MR) is 74.4 cm³/mol. The summed E-state index contributed by atoms with van der Waals surface area (Å²) >= 11 is 1.49. The Labute approximate surface area is 111 Å². The first-order valence-corrected chi connectivity index (χ1v) is 6.68. The molecule has 1 heterocycles. The molecule has 0 aliphatic carbocycles. The fourth-order valence-corrected chi connectivity index (χ4v) is 2.98. The number of rotatable bonds is 2. The molecule has 2 rings (SSSR count). The van der Waals surface area contributed by atoms with Gasteiger partial charge in [0.05, 0.1) is 5.69 Å². The van der Waals surface area contributed by atoms with Gasteiger partial charge >= 0.3 is 0 Å². The van der Waals surface area contributed by atoms with Crippen molar-refractivity contribution in [3.05, 3.63) is 46.2 Å². The van der Waals surface area contributed by atoms with Crippen molar-refractivity contribution in [2.75, 3.05) is 5.73 Å². The lowest BCUT2D eigenvalue weighted by molar-refractivity contribution is 0.568. The average Bonchev–Trinajstić information content (AvgIpc) is 2.59. The van der Waals surface area contributed by atoms with Gasteiger partial charge in [0.15, 0.2) is 5.13 Å². The fraction of sp³-hybridized carbons (Fsp3) is 0.357. The third-order valence-corrected chi connectivity index (χ3v) is 3.56. The number of hydrogen-bond donors (Lipinski definition) is 1. The number of nitrogens with two attached hydrogens (primary N) is 1. The molecule has 0 unspecified atom stereocenters. The molecule has 4 heteroatoms. The van der Waals surface area contributed by atoms with Gasteiger partial charge < -0.3 is 5.73 Å². The molecule has 1 aromatic heterocycles. The Kier molecular flexibility index (Phi) is 3.39. The molecule has 0 spiro atoms. The van der Waals surface area contributed by atoms with E-state index in [9.17, 15) is 4.39 Å². The van der Waals surface area contributed by atoms with Crippen molar-refractivity contribution >= 4 is 16.5 Å². The Hall–Kier alpha value is -1.42. The van der Waals surface area contributed by atoms with Gasteiger partial charge in [-0.1, -0.05) is 32.9 Å². The molecule has 0 aliphatic heterocycles. The smallest absolute Gasteiger partial charge is 0.180 e. The van der Waals surface area contributed by atoms with Crippen molar-refractivity contribution in [1.82, 2.24) is 4.98 Å². The van der Waals surface area contributed by atoms with E-state index in [0.29, 0.717) is 11.6 Å². The summed E-state index contributed by atoms with van der Waals surface area (Å²) < 4.78 is 13.2. The second kappa shape index (κ2) is 4.69. The van der Waals surface area contributed by atoms with Crippen LogP contribution in [0.1, 0.15) is 36.9 Å². The quantitative estimate of drug-likeness (QED) is 0.897. The van der Waals surface area contributed by atoms with Crippen LogP contribution >= 0.6 is 11.3 Å². The standard InChI is InChI=1S/C14H17FN2S/c1-14(2,3)12-11(18-13(16)17-12)8-9-5-4-6-10(15)7-9/h4-7H,8H2,1-3H3,(H2,16,17). The van der Waals surface area contributed by atoms with Crippen LogP contribution in [0.4, 0.5) is 9.52 Å². The van der Waals surface area contributed by atoms with Crippen LogP contribution in [-0.4, -0.2) is 4.98 Å². The molecule has 0 atom stereocenters. The number of anilines is 1. The number of benzene rings is 1. The first-order chi connectivity index (χ1) is 8.36. The van der Waals surface area contributed by atoms with E-state index >= 15 is 0 Å². The predicted octanol–water partition coefficient (Wildman–Crippen LogP) is 3.75. The minimum atomic E-state index is -0.206. The van der Waals surface area contributed by atoms with Gasteiger partial charge in [-0.2, -0.15) is 0 Å². The van der Waals surface area contributed by atoms with Gasteiger partial charge in [-0.25, -0.2) is 9.37 Å². The molecule has 2 aromatic rings. The number of thiazole rings is 1. The van der Waals surface area contributed by atoms with E-state index in [1.54, 1.807) is 12.1 Å². The summed E-state index contributed by atoms with van der Waals surface area (Å²) in [7, 11) is 0. The number of hydrogen-bond acceptors (Lipinski definition) is 3. The van der Waals surface area contributed by atoms with Crippen LogP contribution in [0, 0.1) is 5.82 Å². The van der Waals surface area contributed by atoms with Crippen LogP contribution in [0.15, 0.2) is 24.3 Å². The van der Waals surface area contributed by atoms with E-state index in [4.69, 9.17) is 5.73 Å². The highest BCUT2D eigenvalue weighted by Gasteiger charge is 2.22. The minimum Gasteiger partial charge on any atom is -0.375 e. The Morgan fingerprint density at radius 2 is 2.06 bits per heavy atom. The second-order valence-corrected chi connectivity index (χ2v) is 6.50. The van der Waals surface area contributed by atoms with Crippen LogP contribution in [0.5, 0.6) is 0 Å². The summed E-state index contributed by atoms with van der Waals surface area (Å²) in [6, 6.07) is 6.66. The van der Waals surface area contributed by atoms with E-state index < -0.39 is 0 Å². The number of nitrogens with zero attached hydrogens (tertiary/aromatic N) is 1. The molecule has 0 saturated heterocycles. The van der Waals surface area contributed by atoms with E-state index in [1.807, 2.05) is 6.07 Å². The Balaban J connectivity index is 2.35. The van der Waals surface area contributed by atoms with Crippen molar-refractivity contribution in [3.63, 3.8) is 0 Å². The lowest BCUT2D eigenvalue weighted by Gasteiger charge is -2.17. The summed E-state index contributed by atoms with van der Waals surface area (Å²) in [6.07, 6.45) is 0.680. The first-order valence-electron chi connectivity index (χ1n) is 5.86. The molecule has 2 N–H and O–H groups in total. The third kappa shape index (κ3) is 2.88. The Morgan fingerprint density at radius 1 is 1.33 bits per heavy atom. The summed E-state index contributed by atoms with van der Waals surface area (Å²) in [5.41, 5.74) is 7.70. The van der Waals surface area contributed by atoms with Crippen LogP contribution in [0.25, 0.3) is 0 Å². The van der Waals surface area contributed by atoms with Gasteiger partial charge in [-0.15, -0.1) is 11.3 Å². The van der Waals surface area contributed by atoms with Crippen molar-refractivity contribution < 1.29 is 4.39 Å². The highest BCUT2D eigenvalue weighted by atomic mass is 32.1. The maximum Gasteiger partial charge on any atom is 0.180 e. The Bertz CT molecular complexity index is 555. The van der Waals surface area contributed by atoms with Gasteiger partial charge in [-0.3, -0.25) is 0 Å². The molecule has 0 aliphatic rings. The molecular formula is C14H17FN2S. The Morgan fingerprint density at radius 3 is 2.67 bits per heavy atom. The van der Waals surface area contributed by atoms with Crippen LogP contribution in [0.3, 0.4) is 0 Å².